The molecule has 1 rings (SSSR count). The standard InChI is InChI=1S/C11H22FNO2/c1-2-13-8-10(12)7-11(13)9-15-6-4-3-5-14/h10-11,14H,2-9H2,1H3/t10-,11-/m0/s1. The zero-order chi connectivity index (χ0) is 11.1. The zero-order valence-corrected chi connectivity index (χ0v) is 9.49. The third kappa shape index (κ3) is 4.45. The number of hydrogen-bond donors (Lipinski definition) is 1. The molecule has 0 amide bonds. The zero-order valence-electron chi connectivity index (χ0n) is 9.49. The summed E-state index contributed by atoms with van der Waals surface area (Å²) in [5.41, 5.74) is 0. The Morgan fingerprint density at radius 3 is 2.93 bits per heavy atom. The van der Waals surface area contributed by atoms with Crippen LogP contribution in [0, 0.1) is 0 Å². The molecule has 15 heavy (non-hydrogen) atoms. The first-order valence-corrected chi connectivity index (χ1v) is 5.84. The Kier molecular flexibility index (Phi) is 6.13. The summed E-state index contributed by atoms with van der Waals surface area (Å²) >= 11 is 0. The van der Waals surface area contributed by atoms with Crippen molar-refractivity contribution in [1.82, 2.24) is 4.90 Å². The summed E-state index contributed by atoms with van der Waals surface area (Å²) in [5.74, 6) is 0. The number of ether oxygens (including phenoxy) is 1. The fraction of sp³-hybridized carbons (Fsp3) is 1.00. The molecule has 0 spiro atoms. The van der Waals surface area contributed by atoms with E-state index < -0.39 is 6.17 Å². The minimum absolute atomic E-state index is 0.223. The van der Waals surface area contributed by atoms with Gasteiger partial charge in [0.15, 0.2) is 0 Å². The number of unbranched alkanes of at least 4 members (excludes halogenated alkanes) is 1. The summed E-state index contributed by atoms with van der Waals surface area (Å²) in [6, 6.07) is 0.249. The Balaban J connectivity index is 2.09. The van der Waals surface area contributed by atoms with Crippen molar-refractivity contribution in [3.8, 4) is 0 Å². The number of alkyl halides is 1. The topological polar surface area (TPSA) is 32.7 Å². The molecule has 90 valence electrons. The van der Waals surface area contributed by atoms with E-state index in [4.69, 9.17) is 9.84 Å². The van der Waals surface area contributed by atoms with E-state index in [0.717, 1.165) is 19.4 Å². The van der Waals surface area contributed by atoms with Gasteiger partial charge >= 0.3 is 0 Å². The van der Waals surface area contributed by atoms with E-state index in [9.17, 15) is 4.39 Å². The number of likely N-dealkylation sites (tertiary alicyclic amines) is 1. The van der Waals surface area contributed by atoms with E-state index in [2.05, 4.69) is 11.8 Å². The van der Waals surface area contributed by atoms with Crippen LogP contribution in [0.3, 0.4) is 0 Å². The second-order valence-corrected chi connectivity index (χ2v) is 4.08. The van der Waals surface area contributed by atoms with Crippen LogP contribution < -0.4 is 0 Å². The van der Waals surface area contributed by atoms with Gasteiger partial charge in [-0.3, -0.25) is 4.90 Å². The Hall–Kier alpha value is -0.190. The summed E-state index contributed by atoms with van der Waals surface area (Å²) in [4.78, 5) is 2.14. The van der Waals surface area contributed by atoms with Crippen molar-refractivity contribution >= 4 is 0 Å². The summed E-state index contributed by atoms with van der Waals surface area (Å²) < 4.78 is 18.6. The normalized spacial score (nSPS) is 27.4. The van der Waals surface area contributed by atoms with Gasteiger partial charge in [-0.05, 0) is 25.8 Å². The molecule has 1 fully saturated rings. The Labute approximate surface area is 91.2 Å². The van der Waals surface area contributed by atoms with Crippen LogP contribution in [-0.4, -0.2) is 55.1 Å². The molecule has 0 aromatic carbocycles. The van der Waals surface area contributed by atoms with Crippen LogP contribution in [0.5, 0.6) is 0 Å². The summed E-state index contributed by atoms with van der Waals surface area (Å²) in [6.45, 7) is 5.02. The summed E-state index contributed by atoms with van der Waals surface area (Å²) in [6.07, 6.45) is 1.59. The van der Waals surface area contributed by atoms with E-state index in [-0.39, 0.29) is 12.6 Å². The maximum Gasteiger partial charge on any atom is 0.114 e. The predicted octanol–water partition coefficient (Wildman–Crippen LogP) is 1.21. The SMILES string of the molecule is CCN1C[C@@H](F)C[C@H]1COCCCCO. The van der Waals surface area contributed by atoms with Gasteiger partial charge < -0.3 is 9.84 Å². The highest BCUT2D eigenvalue weighted by molar-refractivity contribution is 4.84. The predicted molar refractivity (Wildman–Crippen MR) is 57.7 cm³/mol. The molecule has 0 radical (unpaired) electrons. The Bertz CT molecular complexity index is 169. The quantitative estimate of drug-likeness (QED) is 0.653. The molecule has 0 aromatic heterocycles. The number of nitrogens with zero attached hydrogens (tertiary/aromatic N) is 1. The van der Waals surface area contributed by atoms with Crippen LogP contribution in [-0.2, 0) is 4.74 Å². The lowest BCUT2D eigenvalue weighted by Gasteiger charge is -2.21. The van der Waals surface area contributed by atoms with Crippen LogP contribution in [0.15, 0.2) is 0 Å². The van der Waals surface area contributed by atoms with Gasteiger partial charge in [-0.1, -0.05) is 6.92 Å². The number of halogens is 1. The molecular weight excluding hydrogens is 197 g/mol. The van der Waals surface area contributed by atoms with Crippen LogP contribution in [0.1, 0.15) is 26.2 Å². The molecule has 3 nitrogen and oxygen atoms in total. The second kappa shape index (κ2) is 7.14. The van der Waals surface area contributed by atoms with Crippen LogP contribution >= 0.6 is 0 Å². The van der Waals surface area contributed by atoms with E-state index in [1.807, 2.05) is 0 Å². The van der Waals surface area contributed by atoms with Crippen molar-refractivity contribution in [2.45, 2.75) is 38.4 Å². The third-order valence-corrected chi connectivity index (χ3v) is 2.89. The number of hydrogen-bond acceptors (Lipinski definition) is 3. The first-order valence-electron chi connectivity index (χ1n) is 5.84. The van der Waals surface area contributed by atoms with Crippen molar-refractivity contribution in [3.05, 3.63) is 0 Å². The fourth-order valence-corrected chi connectivity index (χ4v) is 2.02. The third-order valence-electron chi connectivity index (χ3n) is 2.89. The molecule has 2 atom stereocenters. The number of aliphatic hydroxyl groups excluding tert-OH is 1. The van der Waals surface area contributed by atoms with Crippen LogP contribution in [0.4, 0.5) is 4.39 Å². The van der Waals surface area contributed by atoms with Gasteiger partial charge in [-0.25, -0.2) is 4.39 Å². The van der Waals surface area contributed by atoms with E-state index >= 15 is 0 Å². The van der Waals surface area contributed by atoms with Crippen LogP contribution in [0.25, 0.3) is 0 Å². The lowest BCUT2D eigenvalue weighted by atomic mass is 10.2. The minimum Gasteiger partial charge on any atom is -0.396 e. The maximum atomic E-state index is 13.1. The average Bonchev–Trinajstić information content (AvgIpc) is 2.59. The molecule has 0 aromatic rings. The first-order chi connectivity index (χ1) is 7.27. The molecule has 0 saturated carbocycles. The maximum absolute atomic E-state index is 13.1. The molecule has 1 aliphatic rings. The molecule has 1 saturated heterocycles. The first kappa shape index (κ1) is 12.9. The van der Waals surface area contributed by atoms with Crippen LogP contribution in [0.2, 0.25) is 0 Å². The highest BCUT2D eigenvalue weighted by Crippen LogP contribution is 2.20. The summed E-state index contributed by atoms with van der Waals surface area (Å²) in [7, 11) is 0. The number of rotatable bonds is 7. The second-order valence-electron chi connectivity index (χ2n) is 4.08. The fourth-order valence-electron chi connectivity index (χ4n) is 2.02. The van der Waals surface area contributed by atoms with Crippen molar-refractivity contribution in [1.29, 1.82) is 0 Å². The van der Waals surface area contributed by atoms with Crippen molar-refractivity contribution in [2.75, 3.05) is 32.9 Å². The van der Waals surface area contributed by atoms with E-state index in [1.165, 1.54) is 0 Å². The van der Waals surface area contributed by atoms with Crippen molar-refractivity contribution in [2.24, 2.45) is 0 Å². The van der Waals surface area contributed by atoms with E-state index in [0.29, 0.717) is 26.2 Å². The molecule has 0 aliphatic carbocycles. The Morgan fingerprint density at radius 1 is 1.47 bits per heavy atom. The average molecular weight is 219 g/mol. The number of aliphatic hydroxyl groups is 1. The van der Waals surface area contributed by atoms with Gasteiger partial charge in [0.1, 0.15) is 6.17 Å². The Morgan fingerprint density at radius 2 is 2.27 bits per heavy atom. The largest absolute Gasteiger partial charge is 0.396 e. The van der Waals surface area contributed by atoms with Gasteiger partial charge in [-0.2, -0.15) is 0 Å². The van der Waals surface area contributed by atoms with Crippen molar-refractivity contribution in [3.63, 3.8) is 0 Å². The van der Waals surface area contributed by atoms with Crippen molar-refractivity contribution < 1.29 is 14.2 Å². The lowest BCUT2D eigenvalue weighted by Crippen LogP contribution is -2.33. The summed E-state index contributed by atoms with van der Waals surface area (Å²) in [5, 5.41) is 8.58. The molecule has 0 unspecified atom stereocenters. The van der Waals surface area contributed by atoms with Gasteiger partial charge in [0.2, 0.25) is 0 Å². The minimum atomic E-state index is -0.684. The molecule has 1 aliphatic heterocycles. The smallest absolute Gasteiger partial charge is 0.114 e. The molecular formula is C11H22FNO2. The molecule has 1 N–H and O–H groups in total. The highest BCUT2D eigenvalue weighted by atomic mass is 19.1. The van der Waals surface area contributed by atoms with E-state index in [1.54, 1.807) is 0 Å². The molecule has 1 heterocycles. The highest BCUT2D eigenvalue weighted by Gasteiger charge is 2.30. The number of likely N-dealkylation sites (N-methyl/N-ethyl adjacent to an activating group) is 1. The van der Waals surface area contributed by atoms with Gasteiger partial charge in [0.05, 0.1) is 6.61 Å². The molecule has 4 heteroatoms. The molecule has 0 bridgehead atoms. The lowest BCUT2D eigenvalue weighted by molar-refractivity contribution is 0.0744. The van der Waals surface area contributed by atoms with Gasteiger partial charge in [0.25, 0.3) is 0 Å². The monoisotopic (exact) mass is 219 g/mol. The van der Waals surface area contributed by atoms with Gasteiger partial charge in [0, 0.05) is 25.8 Å². The van der Waals surface area contributed by atoms with Gasteiger partial charge in [-0.15, -0.1) is 0 Å².